The van der Waals surface area contributed by atoms with Crippen molar-refractivity contribution in [3.05, 3.63) is 45.8 Å². The van der Waals surface area contributed by atoms with Gasteiger partial charge in [0.15, 0.2) is 11.5 Å². The molecule has 0 radical (unpaired) electrons. The number of aromatic amines is 1. The van der Waals surface area contributed by atoms with Crippen molar-refractivity contribution in [3.8, 4) is 11.5 Å². The molecule has 4 atom stereocenters. The number of ether oxygens (including phenoxy) is 2. The molecule has 1 amide bonds. The zero-order valence-electron chi connectivity index (χ0n) is 23.5. The lowest BCUT2D eigenvalue weighted by Crippen LogP contribution is -2.62. The fourth-order valence-corrected chi connectivity index (χ4v) is 9.31. The van der Waals surface area contributed by atoms with Crippen LogP contribution >= 0.6 is 0 Å². The molecular weight excluding hydrogens is 462 g/mol. The number of nitrogens with zero attached hydrogens (tertiary/aromatic N) is 2. The van der Waals surface area contributed by atoms with Crippen molar-refractivity contribution in [2.75, 3.05) is 20.7 Å². The summed E-state index contributed by atoms with van der Waals surface area (Å²) in [4.78, 5) is 22.8. The van der Waals surface area contributed by atoms with Gasteiger partial charge in [-0.25, -0.2) is 0 Å². The number of nitrogens with one attached hydrogen (secondary N) is 1. The van der Waals surface area contributed by atoms with Gasteiger partial charge in [-0.3, -0.25) is 4.79 Å². The topological polar surface area (TPSA) is 57.8 Å². The van der Waals surface area contributed by atoms with E-state index < -0.39 is 0 Å². The summed E-state index contributed by atoms with van der Waals surface area (Å²) in [6.07, 6.45) is 6.21. The van der Waals surface area contributed by atoms with Gasteiger partial charge in [0.05, 0.1) is 12.8 Å². The van der Waals surface area contributed by atoms with E-state index in [2.05, 4.69) is 68.6 Å². The lowest BCUT2D eigenvalue weighted by atomic mass is 9.51. The summed E-state index contributed by atoms with van der Waals surface area (Å²) in [5, 5.41) is 0. The van der Waals surface area contributed by atoms with Crippen LogP contribution in [0.25, 0.3) is 0 Å². The van der Waals surface area contributed by atoms with Crippen LogP contribution in [0.15, 0.2) is 12.1 Å². The number of hydrogen-bond donors (Lipinski definition) is 1. The van der Waals surface area contributed by atoms with Crippen LogP contribution in [0, 0.1) is 12.8 Å². The Kier molecular flexibility index (Phi) is 4.69. The van der Waals surface area contributed by atoms with Crippen molar-refractivity contribution in [2.45, 2.75) is 102 Å². The molecule has 2 aliphatic carbocycles. The first-order chi connectivity index (χ1) is 17.5. The largest absolute Gasteiger partial charge is 0.493 e. The normalized spacial score (nSPS) is 32.4. The molecule has 7 rings (SSSR count). The third-order valence-electron chi connectivity index (χ3n) is 10.9. The van der Waals surface area contributed by atoms with Crippen molar-refractivity contribution < 1.29 is 14.3 Å². The van der Waals surface area contributed by atoms with E-state index in [0.29, 0.717) is 12.0 Å². The average Bonchev–Trinajstić information content (AvgIpc) is 3.34. The van der Waals surface area contributed by atoms with Crippen molar-refractivity contribution in [1.82, 2.24) is 14.8 Å². The number of likely N-dealkylation sites (tertiary alicyclic amines) is 2. The van der Waals surface area contributed by atoms with Crippen LogP contribution in [0.5, 0.6) is 11.5 Å². The first-order valence-electron chi connectivity index (χ1n) is 14.1. The Morgan fingerprint density at radius 1 is 1.11 bits per heavy atom. The van der Waals surface area contributed by atoms with E-state index in [-0.39, 0.29) is 28.5 Å². The highest BCUT2D eigenvalue weighted by Gasteiger charge is 2.65. The summed E-state index contributed by atoms with van der Waals surface area (Å²) in [6.45, 7) is 12.1. The van der Waals surface area contributed by atoms with Gasteiger partial charge in [0.25, 0.3) is 5.91 Å². The number of fused-ring (bicyclic) bond motifs is 2. The predicted molar refractivity (Wildman–Crippen MR) is 144 cm³/mol. The number of piperidine rings is 2. The van der Waals surface area contributed by atoms with Crippen LogP contribution in [0.3, 0.4) is 0 Å². The first kappa shape index (κ1) is 23.6. The molecule has 37 heavy (non-hydrogen) atoms. The molecule has 198 valence electrons. The van der Waals surface area contributed by atoms with Gasteiger partial charge < -0.3 is 24.3 Å². The van der Waals surface area contributed by atoms with E-state index in [0.717, 1.165) is 73.5 Å². The second-order valence-electron chi connectivity index (χ2n) is 13.6. The molecule has 2 fully saturated rings. The highest BCUT2D eigenvalue weighted by Crippen LogP contribution is 2.67. The van der Waals surface area contributed by atoms with Gasteiger partial charge in [-0.05, 0) is 115 Å². The van der Waals surface area contributed by atoms with Crippen LogP contribution in [0.2, 0.25) is 0 Å². The third-order valence-corrected chi connectivity index (χ3v) is 10.9. The zero-order chi connectivity index (χ0) is 26.1. The third kappa shape index (κ3) is 2.83. The number of carbonyl (C=O) groups excluding carboxylic acids is 1. The molecule has 1 spiro atoms. The fraction of sp³-hybridized carbons (Fsp3) is 0.645. The summed E-state index contributed by atoms with van der Waals surface area (Å²) in [6, 6.07) is 4.82. The van der Waals surface area contributed by atoms with Crippen molar-refractivity contribution in [1.29, 1.82) is 0 Å². The Morgan fingerprint density at radius 3 is 2.54 bits per heavy atom. The number of hydrogen-bond acceptors (Lipinski definition) is 4. The highest BCUT2D eigenvalue weighted by atomic mass is 16.5. The maximum atomic E-state index is 14.3. The summed E-state index contributed by atoms with van der Waals surface area (Å²) in [5.41, 5.74) is 6.68. The SMILES string of the molecule is COc1ccc2c3c1O[C@H]1c4[nH]c(C(=O)N5C(C)(C)CCCC5(C)C)c(C)c4C[C@H]4[C@H](C2)N(C)CCC314. The average molecular weight is 504 g/mol. The number of aromatic nitrogens is 1. The molecule has 6 nitrogen and oxygen atoms in total. The van der Waals surface area contributed by atoms with E-state index >= 15 is 0 Å². The summed E-state index contributed by atoms with van der Waals surface area (Å²) in [7, 11) is 4.02. The minimum Gasteiger partial charge on any atom is -0.493 e. The summed E-state index contributed by atoms with van der Waals surface area (Å²) >= 11 is 0. The van der Waals surface area contributed by atoms with Crippen LogP contribution < -0.4 is 9.47 Å². The molecule has 6 heteroatoms. The molecule has 1 N–H and O–H groups in total. The van der Waals surface area contributed by atoms with Crippen LogP contribution in [-0.2, 0) is 18.3 Å². The van der Waals surface area contributed by atoms with E-state index in [1.165, 1.54) is 16.7 Å². The molecule has 1 aromatic carbocycles. The maximum absolute atomic E-state index is 14.3. The van der Waals surface area contributed by atoms with Gasteiger partial charge in [-0.1, -0.05) is 6.07 Å². The van der Waals surface area contributed by atoms with Gasteiger partial charge in [0, 0.05) is 28.1 Å². The predicted octanol–water partition coefficient (Wildman–Crippen LogP) is 5.32. The Morgan fingerprint density at radius 2 is 1.84 bits per heavy atom. The van der Waals surface area contributed by atoms with Crippen LogP contribution in [0.4, 0.5) is 0 Å². The van der Waals surface area contributed by atoms with E-state index in [4.69, 9.17) is 9.47 Å². The second kappa shape index (κ2) is 7.34. The van der Waals surface area contributed by atoms with Crippen molar-refractivity contribution in [2.24, 2.45) is 5.92 Å². The molecule has 1 aromatic heterocycles. The fourth-order valence-electron chi connectivity index (χ4n) is 9.31. The Labute approximate surface area is 220 Å². The molecule has 2 saturated heterocycles. The highest BCUT2D eigenvalue weighted by molar-refractivity contribution is 5.96. The Hall–Kier alpha value is -2.47. The Balaban J connectivity index is 1.39. The molecule has 0 saturated carbocycles. The molecule has 5 aliphatic rings. The zero-order valence-corrected chi connectivity index (χ0v) is 23.5. The molecule has 4 heterocycles. The molecule has 2 aromatic rings. The summed E-state index contributed by atoms with van der Waals surface area (Å²) in [5.74, 6) is 2.36. The lowest BCUT2D eigenvalue weighted by Gasteiger charge is -2.57. The Bertz CT molecular complexity index is 1310. The maximum Gasteiger partial charge on any atom is 0.271 e. The van der Waals surface area contributed by atoms with Crippen molar-refractivity contribution >= 4 is 5.91 Å². The standard InChI is InChI=1S/C31H41N3O3/c1-17-19-16-20-21-15-18-9-10-22(36-7)26-23(18)31(20,13-14-33(21)6)27(37-26)25(19)32-24(17)28(35)34-29(2,3)11-8-12-30(34,4)5/h9-10,20-21,27,32H,8,11-16H2,1-7H3/t20-,21-,27-,31?/m0/s1. The first-order valence-corrected chi connectivity index (χ1v) is 14.1. The van der Waals surface area contributed by atoms with E-state index in [9.17, 15) is 4.79 Å². The number of methoxy groups -OCH3 is 1. The van der Waals surface area contributed by atoms with E-state index in [1.54, 1.807) is 7.11 Å². The number of H-pyrrole nitrogens is 1. The lowest BCUT2D eigenvalue weighted by molar-refractivity contribution is -0.0257. The van der Waals surface area contributed by atoms with Gasteiger partial charge in [0.2, 0.25) is 0 Å². The summed E-state index contributed by atoms with van der Waals surface area (Å²) < 4.78 is 12.7. The number of rotatable bonds is 2. The number of carbonyl (C=O) groups is 1. The monoisotopic (exact) mass is 503 g/mol. The van der Waals surface area contributed by atoms with Crippen molar-refractivity contribution in [3.63, 3.8) is 0 Å². The quantitative estimate of drug-likeness (QED) is 0.603. The molecular formula is C31H41N3O3. The van der Waals surface area contributed by atoms with Crippen LogP contribution in [-0.4, -0.2) is 58.5 Å². The van der Waals surface area contributed by atoms with E-state index in [1.807, 2.05) is 0 Å². The second-order valence-corrected chi connectivity index (χ2v) is 13.6. The smallest absolute Gasteiger partial charge is 0.271 e. The van der Waals surface area contributed by atoms with Crippen LogP contribution in [0.1, 0.15) is 97.9 Å². The van der Waals surface area contributed by atoms with Gasteiger partial charge in [-0.15, -0.1) is 0 Å². The molecule has 3 aliphatic heterocycles. The minimum atomic E-state index is -0.175. The van der Waals surface area contributed by atoms with Gasteiger partial charge in [-0.2, -0.15) is 0 Å². The minimum absolute atomic E-state index is 0.0666. The number of benzene rings is 1. The molecule has 2 bridgehead atoms. The van der Waals surface area contributed by atoms with Gasteiger partial charge in [0.1, 0.15) is 11.8 Å². The molecule has 1 unspecified atom stereocenters. The van der Waals surface area contributed by atoms with Gasteiger partial charge >= 0.3 is 0 Å². The number of likely N-dealkylation sites (N-methyl/N-ethyl adjacent to an activating group) is 1. The number of amides is 1.